The molecule has 0 radical (unpaired) electrons. The van der Waals surface area contributed by atoms with E-state index in [2.05, 4.69) is 40.6 Å². The van der Waals surface area contributed by atoms with Gasteiger partial charge in [0.25, 0.3) is 0 Å². The molecule has 1 aromatic heterocycles. The summed E-state index contributed by atoms with van der Waals surface area (Å²) in [4.78, 5) is 4.53. The summed E-state index contributed by atoms with van der Waals surface area (Å²) in [7, 11) is 0. The van der Waals surface area contributed by atoms with E-state index < -0.39 is 0 Å². The number of aromatic nitrogens is 1. The molecule has 172 valence electrons. The van der Waals surface area contributed by atoms with E-state index in [-0.39, 0.29) is 12.4 Å². The van der Waals surface area contributed by atoms with Crippen LogP contribution in [0.5, 0.6) is 0 Å². The predicted molar refractivity (Wildman–Crippen MR) is 136 cm³/mol. The molecule has 4 rings (SSSR count). The fourth-order valence-corrected chi connectivity index (χ4v) is 3.24. The van der Waals surface area contributed by atoms with Crippen molar-refractivity contribution in [3.8, 4) is 11.5 Å². The second-order valence-corrected chi connectivity index (χ2v) is 7.37. The molecule has 0 amide bonds. The summed E-state index contributed by atoms with van der Waals surface area (Å²) in [5.41, 5.74) is 4.95. The monoisotopic (exact) mass is 464 g/mol. The Morgan fingerprint density at radius 1 is 0.818 bits per heavy atom. The number of para-hydroxylation sites is 2. The van der Waals surface area contributed by atoms with Crippen molar-refractivity contribution in [1.29, 1.82) is 0 Å². The maximum atomic E-state index is 5.82. The third-order valence-corrected chi connectivity index (χ3v) is 4.93. The number of hydrogen-bond donors (Lipinski definition) is 1. The molecule has 0 saturated carbocycles. The minimum absolute atomic E-state index is 0. The molecule has 6 heteroatoms. The zero-order valence-electron chi connectivity index (χ0n) is 18.5. The van der Waals surface area contributed by atoms with Crippen molar-refractivity contribution in [3.63, 3.8) is 0 Å². The van der Waals surface area contributed by atoms with E-state index in [1.54, 1.807) is 0 Å². The van der Waals surface area contributed by atoms with Crippen LogP contribution >= 0.6 is 12.4 Å². The van der Waals surface area contributed by atoms with Crippen LogP contribution in [0.2, 0.25) is 0 Å². The molecule has 3 aromatic carbocycles. The maximum absolute atomic E-state index is 5.82. The van der Waals surface area contributed by atoms with Crippen molar-refractivity contribution in [2.75, 3.05) is 32.9 Å². The molecule has 0 atom stereocenters. The molecule has 0 spiro atoms. The first-order chi connectivity index (χ1) is 15.9. The van der Waals surface area contributed by atoms with Crippen LogP contribution in [-0.4, -0.2) is 37.9 Å². The highest BCUT2D eigenvalue weighted by Gasteiger charge is 2.07. The van der Waals surface area contributed by atoms with Crippen LogP contribution in [0.15, 0.2) is 89.4 Å². The van der Waals surface area contributed by atoms with Gasteiger partial charge in [-0.1, -0.05) is 66.7 Å². The van der Waals surface area contributed by atoms with Gasteiger partial charge >= 0.3 is 0 Å². The summed E-state index contributed by atoms with van der Waals surface area (Å²) < 4.78 is 17.2. The highest BCUT2D eigenvalue weighted by atomic mass is 35.5. The molecule has 0 bridgehead atoms. The number of nitrogens with one attached hydrogen (secondary N) is 1. The van der Waals surface area contributed by atoms with E-state index in [0.717, 1.165) is 35.3 Å². The average molecular weight is 465 g/mol. The number of fused-ring (bicyclic) bond motifs is 1. The van der Waals surface area contributed by atoms with Crippen LogP contribution < -0.4 is 5.32 Å². The second-order valence-electron chi connectivity index (χ2n) is 7.37. The summed E-state index contributed by atoms with van der Waals surface area (Å²) in [6.45, 7) is 4.13. The highest BCUT2D eigenvalue weighted by molar-refractivity contribution is 5.85. The number of benzene rings is 3. The molecular formula is C27H29ClN2O3. The van der Waals surface area contributed by atoms with Crippen LogP contribution in [0.3, 0.4) is 0 Å². The van der Waals surface area contributed by atoms with Gasteiger partial charge in [0.1, 0.15) is 5.52 Å². The second kappa shape index (κ2) is 13.6. The minimum Gasteiger partial charge on any atom is -0.436 e. The molecule has 5 nitrogen and oxygen atoms in total. The molecule has 1 N–H and O–H groups in total. The van der Waals surface area contributed by atoms with Gasteiger partial charge in [-0.05, 0) is 35.4 Å². The van der Waals surface area contributed by atoms with E-state index in [0.29, 0.717) is 32.3 Å². The Bertz CT molecular complexity index is 1080. The first-order valence-corrected chi connectivity index (χ1v) is 10.9. The lowest BCUT2D eigenvalue weighted by Crippen LogP contribution is -2.24. The van der Waals surface area contributed by atoms with Gasteiger partial charge in [-0.2, -0.15) is 0 Å². The molecule has 4 aromatic rings. The van der Waals surface area contributed by atoms with Crippen LogP contribution in [0.4, 0.5) is 0 Å². The van der Waals surface area contributed by atoms with E-state index in [9.17, 15) is 0 Å². The molecule has 0 unspecified atom stereocenters. The molecule has 0 fully saturated rings. The third-order valence-electron chi connectivity index (χ3n) is 4.93. The number of nitrogens with zero attached hydrogens (tertiary/aromatic N) is 1. The van der Waals surface area contributed by atoms with E-state index in [1.165, 1.54) is 5.56 Å². The van der Waals surface area contributed by atoms with Crippen molar-refractivity contribution in [2.45, 2.75) is 6.61 Å². The molecule has 0 aliphatic rings. The van der Waals surface area contributed by atoms with Crippen LogP contribution in [0, 0.1) is 0 Å². The summed E-state index contributed by atoms with van der Waals surface area (Å²) in [5, 5.41) is 3.33. The van der Waals surface area contributed by atoms with Crippen LogP contribution in [0.25, 0.3) is 28.6 Å². The lowest BCUT2D eigenvalue weighted by atomic mass is 10.1. The Hall–Kier alpha value is -2.96. The maximum Gasteiger partial charge on any atom is 0.227 e. The number of rotatable bonds is 12. The standard InChI is InChI=1S/C27H28N2O3.ClH/c1-2-7-22(8-3-1)9-6-18-30-19-16-28-17-20-31-21-23-12-14-24(15-13-23)27-29-25-10-4-5-11-26(25)32-27;/h1-15,28H,16-21H2;1H/b9-6+;. The molecular weight excluding hydrogens is 436 g/mol. The normalized spacial score (nSPS) is 11.2. The van der Waals surface area contributed by atoms with Crippen LogP contribution in [-0.2, 0) is 16.1 Å². The van der Waals surface area contributed by atoms with Gasteiger partial charge in [0, 0.05) is 18.7 Å². The smallest absolute Gasteiger partial charge is 0.227 e. The van der Waals surface area contributed by atoms with E-state index in [1.807, 2.05) is 60.7 Å². The molecule has 0 saturated heterocycles. The van der Waals surface area contributed by atoms with Gasteiger partial charge in [-0.25, -0.2) is 4.98 Å². The Kier molecular flexibility index (Phi) is 10.1. The van der Waals surface area contributed by atoms with Crippen LogP contribution in [0.1, 0.15) is 11.1 Å². The number of hydrogen-bond acceptors (Lipinski definition) is 5. The van der Waals surface area contributed by atoms with Gasteiger partial charge in [-0.3, -0.25) is 0 Å². The first-order valence-electron chi connectivity index (χ1n) is 10.9. The predicted octanol–water partition coefficient (Wildman–Crippen LogP) is 5.75. The van der Waals surface area contributed by atoms with E-state index >= 15 is 0 Å². The SMILES string of the molecule is C(=C\c1ccccc1)/COCCNCCOCc1ccc(-c2nc3ccccc3o2)cc1.Cl. The molecule has 1 heterocycles. The van der Waals surface area contributed by atoms with Gasteiger partial charge in [0.05, 0.1) is 26.4 Å². The molecule has 0 aliphatic heterocycles. The summed E-state index contributed by atoms with van der Waals surface area (Å²) >= 11 is 0. The number of halogens is 1. The Morgan fingerprint density at radius 2 is 1.55 bits per heavy atom. The van der Waals surface area contributed by atoms with Crippen molar-refractivity contribution in [1.82, 2.24) is 10.3 Å². The van der Waals surface area contributed by atoms with E-state index in [4.69, 9.17) is 13.9 Å². The molecule has 33 heavy (non-hydrogen) atoms. The number of oxazole rings is 1. The van der Waals surface area contributed by atoms with Gasteiger partial charge in [0.15, 0.2) is 5.58 Å². The highest BCUT2D eigenvalue weighted by Crippen LogP contribution is 2.24. The largest absolute Gasteiger partial charge is 0.436 e. The minimum atomic E-state index is 0. The zero-order valence-corrected chi connectivity index (χ0v) is 19.3. The zero-order chi connectivity index (χ0) is 21.8. The van der Waals surface area contributed by atoms with Gasteiger partial charge < -0.3 is 19.2 Å². The number of ether oxygens (including phenoxy) is 2. The summed E-state index contributed by atoms with van der Waals surface area (Å²) in [6.07, 6.45) is 4.11. The lowest BCUT2D eigenvalue weighted by molar-refractivity contribution is 0.118. The summed E-state index contributed by atoms with van der Waals surface area (Å²) in [6, 6.07) is 26.1. The van der Waals surface area contributed by atoms with Crippen molar-refractivity contribution >= 4 is 29.6 Å². The lowest BCUT2D eigenvalue weighted by Gasteiger charge is -2.07. The fourth-order valence-electron chi connectivity index (χ4n) is 3.24. The van der Waals surface area contributed by atoms with Crippen molar-refractivity contribution < 1.29 is 13.9 Å². The molecule has 0 aliphatic carbocycles. The Labute approximate surface area is 200 Å². The van der Waals surface area contributed by atoms with Gasteiger partial charge in [0.2, 0.25) is 5.89 Å². The van der Waals surface area contributed by atoms with Crippen molar-refractivity contribution in [2.24, 2.45) is 0 Å². The quantitative estimate of drug-likeness (QED) is 0.270. The third kappa shape index (κ3) is 7.84. The fraction of sp³-hybridized carbons (Fsp3) is 0.222. The average Bonchev–Trinajstić information content (AvgIpc) is 3.28. The topological polar surface area (TPSA) is 56.5 Å². The Balaban J connectivity index is 0.00000306. The first kappa shape index (κ1) is 24.7. The van der Waals surface area contributed by atoms with Crippen molar-refractivity contribution in [3.05, 3.63) is 96.1 Å². The Morgan fingerprint density at radius 3 is 2.33 bits per heavy atom. The summed E-state index contributed by atoms with van der Waals surface area (Å²) in [5.74, 6) is 0.639. The van der Waals surface area contributed by atoms with Gasteiger partial charge in [-0.15, -0.1) is 12.4 Å².